The SMILES string of the molecule is CN(c1ccc(N)cc1)S(=O)(=O)CC1CCCO1. The van der Waals surface area contributed by atoms with Gasteiger partial charge in [0, 0.05) is 19.3 Å². The zero-order chi connectivity index (χ0) is 13.2. The number of rotatable bonds is 4. The summed E-state index contributed by atoms with van der Waals surface area (Å²) in [4.78, 5) is 0. The maximum atomic E-state index is 12.2. The molecule has 0 saturated carbocycles. The quantitative estimate of drug-likeness (QED) is 0.835. The number of anilines is 2. The van der Waals surface area contributed by atoms with Gasteiger partial charge in [-0.15, -0.1) is 0 Å². The first-order valence-corrected chi connectivity index (χ1v) is 7.54. The first-order chi connectivity index (χ1) is 8.49. The average molecular weight is 270 g/mol. The van der Waals surface area contributed by atoms with Gasteiger partial charge >= 0.3 is 0 Å². The molecule has 6 heteroatoms. The number of nitrogen functional groups attached to an aromatic ring is 1. The molecule has 1 saturated heterocycles. The molecule has 5 nitrogen and oxygen atoms in total. The first kappa shape index (κ1) is 13.2. The highest BCUT2D eigenvalue weighted by Gasteiger charge is 2.26. The Morgan fingerprint density at radius 2 is 2.06 bits per heavy atom. The van der Waals surface area contributed by atoms with Crippen LogP contribution in [0.4, 0.5) is 11.4 Å². The van der Waals surface area contributed by atoms with Crippen molar-refractivity contribution in [3.8, 4) is 0 Å². The third-order valence-corrected chi connectivity index (χ3v) is 4.93. The molecule has 1 fully saturated rings. The smallest absolute Gasteiger partial charge is 0.237 e. The topological polar surface area (TPSA) is 72.6 Å². The predicted molar refractivity (Wildman–Crippen MR) is 72.0 cm³/mol. The normalized spacial score (nSPS) is 19.9. The molecule has 2 N–H and O–H groups in total. The van der Waals surface area contributed by atoms with E-state index in [1.165, 1.54) is 4.31 Å². The zero-order valence-corrected chi connectivity index (χ0v) is 11.2. The lowest BCUT2D eigenvalue weighted by Gasteiger charge is -2.21. The van der Waals surface area contributed by atoms with E-state index in [4.69, 9.17) is 10.5 Å². The lowest BCUT2D eigenvalue weighted by molar-refractivity contribution is 0.127. The Morgan fingerprint density at radius 1 is 1.39 bits per heavy atom. The van der Waals surface area contributed by atoms with E-state index in [-0.39, 0.29) is 11.9 Å². The van der Waals surface area contributed by atoms with Crippen molar-refractivity contribution >= 4 is 21.4 Å². The minimum absolute atomic E-state index is 0.0356. The van der Waals surface area contributed by atoms with E-state index in [1.807, 2.05) is 0 Å². The van der Waals surface area contributed by atoms with E-state index < -0.39 is 10.0 Å². The third kappa shape index (κ3) is 2.94. The van der Waals surface area contributed by atoms with Crippen molar-refractivity contribution < 1.29 is 13.2 Å². The summed E-state index contributed by atoms with van der Waals surface area (Å²) in [5.41, 5.74) is 6.81. The molecule has 0 bridgehead atoms. The van der Waals surface area contributed by atoms with Crippen LogP contribution in [-0.4, -0.2) is 33.9 Å². The fraction of sp³-hybridized carbons (Fsp3) is 0.500. The van der Waals surface area contributed by atoms with Gasteiger partial charge in [-0.25, -0.2) is 8.42 Å². The molecule has 1 aromatic carbocycles. The first-order valence-electron chi connectivity index (χ1n) is 5.93. The molecule has 0 aromatic heterocycles. The van der Waals surface area contributed by atoms with E-state index in [2.05, 4.69) is 0 Å². The number of sulfonamides is 1. The van der Waals surface area contributed by atoms with Crippen LogP contribution >= 0.6 is 0 Å². The lowest BCUT2D eigenvalue weighted by atomic mass is 10.3. The maximum Gasteiger partial charge on any atom is 0.237 e. The zero-order valence-electron chi connectivity index (χ0n) is 10.4. The average Bonchev–Trinajstić information content (AvgIpc) is 2.81. The van der Waals surface area contributed by atoms with E-state index in [0.717, 1.165) is 12.8 Å². The van der Waals surface area contributed by atoms with Crippen LogP contribution < -0.4 is 10.0 Å². The van der Waals surface area contributed by atoms with E-state index in [9.17, 15) is 8.42 Å². The van der Waals surface area contributed by atoms with Crippen molar-refractivity contribution in [2.45, 2.75) is 18.9 Å². The summed E-state index contributed by atoms with van der Waals surface area (Å²) in [5, 5.41) is 0. The summed E-state index contributed by atoms with van der Waals surface area (Å²) in [6.45, 7) is 0.659. The predicted octanol–water partition coefficient (Wildman–Crippen LogP) is 1.21. The number of ether oxygens (including phenoxy) is 1. The van der Waals surface area contributed by atoms with Gasteiger partial charge < -0.3 is 10.5 Å². The van der Waals surface area contributed by atoms with Crippen molar-refractivity contribution in [2.75, 3.05) is 29.4 Å². The molecule has 2 rings (SSSR count). The largest absolute Gasteiger partial charge is 0.399 e. The molecule has 0 spiro atoms. The summed E-state index contributed by atoms with van der Waals surface area (Å²) in [6, 6.07) is 6.77. The molecule has 0 aliphatic carbocycles. The van der Waals surface area contributed by atoms with Gasteiger partial charge in [-0.05, 0) is 37.1 Å². The molecule has 1 atom stereocenters. The van der Waals surface area contributed by atoms with Crippen LogP contribution in [0.2, 0.25) is 0 Å². The van der Waals surface area contributed by atoms with Crippen molar-refractivity contribution in [2.24, 2.45) is 0 Å². The minimum Gasteiger partial charge on any atom is -0.399 e. The van der Waals surface area contributed by atoms with Crippen LogP contribution in [0.15, 0.2) is 24.3 Å². The fourth-order valence-electron chi connectivity index (χ4n) is 1.97. The number of benzene rings is 1. The van der Waals surface area contributed by atoms with Gasteiger partial charge in [-0.1, -0.05) is 0 Å². The Balaban J connectivity index is 2.11. The van der Waals surface area contributed by atoms with Crippen molar-refractivity contribution in [1.82, 2.24) is 0 Å². The highest BCUT2D eigenvalue weighted by atomic mass is 32.2. The van der Waals surface area contributed by atoms with Gasteiger partial charge in [0.1, 0.15) is 0 Å². The third-order valence-electron chi connectivity index (χ3n) is 3.09. The molecule has 100 valence electrons. The van der Waals surface area contributed by atoms with Crippen LogP contribution in [0.3, 0.4) is 0 Å². The standard InChI is InChI=1S/C12H18N2O3S/c1-14(11-6-4-10(13)5-7-11)18(15,16)9-12-3-2-8-17-12/h4-7,12H,2-3,8-9,13H2,1H3. The summed E-state index contributed by atoms with van der Waals surface area (Å²) >= 11 is 0. The molecule has 1 aromatic rings. The molecular weight excluding hydrogens is 252 g/mol. The Kier molecular flexibility index (Phi) is 3.77. The van der Waals surface area contributed by atoms with E-state index in [1.54, 1.807) is 31.3 Å². The Labute approximate surface area is 108 Å². The summed E-state index contributed by atoms with van der Waals surface area (Å²) in [7, 11) is -1.79. The summed E-state index contributed by atoms with van der Waals surface area (Å²) in [5.74, 6) is 0.0356. The second kappa shape index (κ2) is 5.16. The Hall–Kier alpha value is -1.27. The number of hydrogen-bond donors (Lipinski definition) is 1. The van der Waals surface area contributed by atoms with Crippen molar-refractivity contribution in [1.29, 1.82) is 0 Å². The van der Waals surface area contributed by atoms with Gasteiger partial charge in [0.25, 0.3) is 0 Å². The number of nitrogens with zero attached hydrogens (tertiary/aromatic N) is 1. The van der Waals surface area contributed by atoms with Crippen molar-refractivity contribution in [3.63, 3.8) is 0 Å². The number of hydrogen-bond acceptors (Lipinski definition) is 4. The summed E-state index contributed by atoms with van der Waals surface area (Å²) in [6.07, 6.45) is 1.58. The van der Waals surface area contributed by atoms with Crippen LogP contribution in [0.25, 0.3) is 0 Å². The van der Waals surface area contributed by atoms with Crippen LogP contribution in [0.5, 0.6) is 0 Å². The molecule has 0 amide bonds. The Morgan fingerprint density at radius 3 is 2.61 bits per heavy atom. The second-order valence-electron chi connectivity index (χ2n) is 4.47. The molecule has 0 radical (unpaired) electrons. The van der Waals surface area contributed by atoms with Crippen LogP contribution in [0, 0.1) is 0 Å². The molecular formula is C12H18N2O3S. The minimum atomic E-state index is -3.34. The molecule has 1 unspecified atom stereocenters. The molecule has 1 aliphatic heterocycles. The maximum absolute atomic E-state index is 12.2. The lowest BCUT2D eigenvalue weighted by Crippen LogP contribution is -2.33. The summed E-state index contributed by atoms with van der Waals surface area (Å²) < 4.78 is 31.0. The second-order valence-corrected chi connectivity index (χ2v) is 6.52. The number of nitrogens with two attached hydrogens (primary N) is 1. The van der Waals surface area contributed by atoms with E-state index >= 15 is 0 Å². The monoisotopic (exact) mass is 270 g/mol. The van der Waals surface area contributed by atoms with Gasteiger partial charge in [0.05, 0.1) is 17.5 Å². The molecule has 18 heavy (non-hydrogen) atoms. The van der Waals surface area contributed by atoms with Crippen LogP contribution in [-0.2, 0) is 14.8 Å². The van der Waals surface area contributed by atoms with Gasteiger partial charge in [0.15, 0.2) is 0 Å². The molecule has 1 heterocycles. The van der Waals surface area contributed by atoms with Crippen LogP contribution in [0.1, 0.15) is 12.8 Å². The van der Waals surface area contributed by atoms with Gasteiger partial charge in [-0.3, -0.25) is 4.31 Å². The molecule has 1 aliphatic rings. The van der Waals surface area contributed by atoms with E-state index in [0.29, 0.717) is 18.0 Å². The van der Waals surface area contributed by atoms with Gasteiger partial charge in [-0.2, -0.15) is 0 Å². The highest BCUT2D eigenvalue weighted by molar-refractivity contribution is 7.92. The fourth-order valence-corrected chi connectivity index (χ4v) is 3.37. The highest BCUT2D eigenvalue weighted by Crippen LogP contribution is 2.21. The Bertz CT molecular complexity index is 493. The van der Waals surface area contributed by atoms with Gasteiger partial charge in [0.2, 0.25) is 10.0 Å². The van der Waals surface area contributed by atoms with Crippen molar-refractivity contribution in [3.05, 3.63) is 24.3 Å².